The van der Waals surface area contributed by atoms with Crippen LogP contribution >= 0.6 is 0 Å². The molecule has 4 aromatic heterocycles. The normalized spacial score (nSPS) is 12.5. The summed E-state index contributed by atoms with van der Waals surface area (Å²) in [5.74, 6) is 0. The molecule has 0 atom stereocenters. The van der Waals surface area contributed by atoms with Gasteiger partial charge in [0, 0.05) is 110 Å². The Hall–Kier alpha value is -16.3. The van der Waals surface area contributed by atoms with E-state index in [2.05, 4.69) is 442 Å². The molecule has 0 N–H and O–H groups in total. The second-order valence-corrected chi connectivity index (χ2v) is 33.6. The van der Waals surface area contributed by atoms with Gasteiger partial charge in [0.1, 0.15) is 44.7 Å². The molecule has 6 nitrogen and oxygen atoms in total. The molecule has 0 saturated carbocycles. The van der Waals surface area contributed by atoms with Crippen LogP contribution in [0.15, 0.2) is 442 Å². The zero-order chi connectivity index (χ0) is 82.5. The first-order valence-electron chi connectivity index (χ1n) is 42.9. The molecule has 25 rings (SSSR count). The van der Waals surface area contributed by atoms with Crippen molar-refractivity contribution in [2.45, 2.75) is 19.3 Å². The molecule has 0 unspecified atom stereocenters. The molecule has 24 aromatic rings. The van der Waals surface area contributed by atoms with Crippen LogP contribution in [0, 0.1) is 0 Å². The Morgan fingerprint density at radius 1 is 0.184 bits per heavy atom. The van der Waals surface area contributed by atoms with Crippen LogP contribution in [0.4, 0.5) is 34.1 Å². The molecule has 0 amide bonds. The first-order chi connectivity index (χ1) is 61.7. The van der Waals surface area contributed by atoms with Gasteiger partial charge in [-0.2, -0.15) is 0 Å². The van der Waals surface area contributed by atoms with Gasteiger partial charge in [0.05, 0.1) is 17.1 Å². The highest BCUT2D eigenvalue weighted by atomic mass is 16.3. The monoisotopic (exact) mass is 1600 g/mol. The molecular formula is C119H76N2O4. The number of benzene rings is 20. The molecule has 0 aliphatic heterocycles. The van der Waals surface area contributed by atoms with Gasteiger partial charge in [-0.05, 0) is 186 Å². The highest BCUT2D eigenvalue weighted by Crippen LogP contribution is 2.56. The van der Waals surface area contributed by atoms with E-state index >= 15 is 0 Å². The Kier molecular flexibility index (Phi) is 16.3. The molecule has 0 spiro atoms. The van der Waals surface area contributed by atoms with E-state index in [1.807, 2.05) is 6.07 Å². The largest absolute Gasteiger partial charge is 0.456 e. The standard InChI is InChI=1S/C119H76N2O4/c1-119(2)106-71-81(59-65-93(106)97-44-21-40-87(113(97)119)75-54-61-82(62-55-75)120(83-63-56-76(57-64-83)90-42-22-46-99-96-39-15-19-53-110(96)123-114(90)99)107-50-16-12-34-86(107)80-60-67-111-104(70-80)105-69-77-29-6-7-30-78(77)72-112(105)122-111)85-33-10-11-36-92(85)94-37-13-17-51-108(94)121(109-52-18-14-38-95(109)98-45-25-49-102-103-66-58-74-28-8-9-35-88(74)116(103)125-118(98)102)84-32-20-31-79(68-84)91-43-24-48-101-100-47-23-41-89(115(100)124-117(91)101)73-26-4-3-5-27-73/h3-72H,1-2H3. The number of para-hydroxylation sites is 8. The Morgan fingerprint density at radius 2 is 0.608 bits per heavy atom. The summed E-state index contributed by atoms with van der Waals surface area (Å²) < 4.78 is 27.6. The highest BCUT2D eigenvalue weighted by molar-refractivity contribution is 6.19. The van der Waals surface area contributed by atoms with Crippen molar-refractivity contribution in [1.29, 1.82) is 0 Å². The summed E-state index contributed by atoms with van der Waals surface area (Å²) in [5, 5.41) is 13.3. The van der Waals surface area contributed by atoms with Crippen molar-refractivity contribution in [3.63, 3.8) is 0 Å². The minimum atomic E-state index is -0.408. The zero-order valence-electron chi connectivity index (χ0n) is 68.4. The van der Waals surface area contributed by atoms with Crippen LogP contribution in [0.25, 0.3) is 209 Å². The number of fused-ring (bicyclic) bond motifs is 18. The molecule has 6 heteroatoms. The van der Waals surface area contributed by atoms with Gasteiger partial charge >= 0.3 is 0 Å². The summed E-state index contributed by atoms with van der Waals surface area (Å²) >= 11 is 0. The van der Waals surface area contributed by atoms with Gasteiger partial charge in [-0.3, -0.25) is 0 Å². The summed E-state index contributed by atoms with van der Waals surface area (Å²) in [5.41, 5.74) is 35.1. The molecular weight excluding hydrogens is 1520 g/mol. The molecule has 586 valence electrons. The van der Waals surface area contributed by atoms with E-state index in [1.165, 1.54) is 33.2 Å². The smallest absolute Gasteiger partial charge is 0.143 e. The molecule has 20 aromatic carbocycles. The van der Waals surface area contributed by atoms with Gasteiger partial charge < -0.3 is 27.5 Å². The summed E-state index contributed by atoms with van der Waals surface area (Å²) in [4.78, 5) is 4.88. The van der Waals surface area contributed by atoms with Crippen molar-refractivity contribution in [2.24, 2.45) is 0 Å². The van der Waals surface area contributed by atoms with Gasteiger partial charge in [0.2, 0.25) is 0 Å². The Balaban J connectivity index is 0.595. The summed E-state index contributed by atoms with van der Waals surface area (Å²) in [6.07, 6.45) is 0. The van der Waals surface area contributed by atoms with Gasteiger partial charge in [-0.15, -0.1) is 0 Å². The van der Waals surface area contributed by atoms with Crippen LogP contribution in [0.5, 0.6) is 0 Å². The molecule has 0 bridgehead atoms. The lowest BCUT2D eigenvalue weighted by Gasteiger charge is -2.30. The third kappa shape index (κ3) is 11.5. The van der Waals surface area contributed by atoms with Crippen molar-refractivity contribution in [3.05, 3.63) is 436 Å². The summed E-state index contributed by atoms with van der Waals surface area (Å²) in [6.45, 7) is 4.83. The lowest BCUT2D eigenvalue weighted by Crippen LogP contribution is -2.16. The third-order valence-corrected chi connectivity index (χ3v) is 26.3. The van der Waals surface area contributed by atoms with Crippen molar-refractivity contribution in [3.8, 4) is 100 Å². The minimum absolute atomic E-state index is 0.408. The van der Waals surface area contributed by atoms with Crippen molar-refractivity contribution in [1.82, 2.24) is 0 Å². The first-order valence-corrected chi connectivity index (χ1v) is 42.9. The lowest BCUT2D eigenvalue weighted by atomic mass is 9.78. The van der Waals surface area contributed by atoms with E-state index in [0.717, 1.165) is 221 Å². The number of rotatable bonds is 14. The molecule has 1 aliphatic carbocycles. The Morgan fingerprint density at radius 3 is 1.31 bits per heavy atom. The van der Waals surface area contributed by atoms with E-state index in [9.17, 15) is 0 Å². The van der Waals surface area contributed by atoms with Crippen molar-refractivity contribution < 1.29 is 17.7 Å². The minimum Gasteiger partial charge on any atom is -0.456 e. The van der Waals surface area contributed by atoms with Crippen molar-refractivity contribution >= 4 is 143 Å². The van der Waals surface area contributed by atoms with E-state index < -0.39 is 5.41 Å². The molecule has 1 aliphatic rings. The quantitative estimate of drug-likeness (QED) is 0.108. The fourth-order valence-electron chi connectivity index (χ4n) is 20.4. The van der Waals surface area contributed by atoms with E-state index in [4.69, 9.17) is 17.7 Å². The van der Waals surface area contributed by atoms with Crippen LogP contribution in [-0.2, 0) is 5.41 Å². The predicted octanol–water partition coefficient (Wildman–Crippen LogP) is 34.2. The van der Waals surface area contributed by atoms with Crippen molar-refractivity contribution in [2.75, 3.05) is 9.80 Å². The number of furan rings is 4. The van der Waals surface area contributed by atoms with Gasteiger partial charge in [-0.1, -0.05) is 341 Å². The van der Waals surface area contributed by atoms with Crippen LogP contribution in [0.2, 0.25) is 0 Å². The number of hydrogen-bond donors (Lipinski definition) is 0. The molecule has 4 heterocycles. The third-order valence-electron chi connectivity index (χ3n) is 26.3. The second-order valence-electron chi connectivity index (χ2n) is 33.6. The van der Waals surface area contributed by atoms with Crippen LogP contribution < -0.4 is 9.80 Å². The highest BCUT2D eigenvalue weighted by Gasteiger charge is 2.39. The van der Waals surface area contributed by atoms with Crippen LogP contribution in [0.3, 0.4) is 0 Å². The second kappa shape index (κ2) is 28.4. The van der Waals surface area contributed by atoms with E-state index in [-0.39, 0.29) is 0 Å². The van der Waals surface area contributed by atoms with E-state index in [1.54, 1.807) is 0 Å². The topological polar surface area (TPSA) is 59.0 Å². The predicted molar refractivity (Wildman–Crippen MR) is 521 cm³/mol. The fourth-order valence-corrected chi connectivity index (χ4v) is 20.4. The SMILES string of the molecule is CC1(C)c2cc(-c3ccccc3-c3ccccc3N(c3cccc(-c4cccc5c4oc4c(-c6ccccc6)cccc45)c3)c3ccccc3-c3cccc4c3oc3c5ccccc5ccc43)ccc2-c2cccc(-c3ccc(N(c4ccc(-c5cccc6c5oc5ccccc56)cc4)c4ccccc4-c4ccc5oc6cc7ccccc7cc6c5c4)cc3)c21. The Bertz CT molecular complexity index is 8530. The number of anilines is 6. The number of nitrogens with zero attached hydrogens (tertiary/aromatic N) is 2. The maximum Gasteiger partial charge on any atom is 0.143 e. The van der Waals surface area contributed by atoms with Crippen LogP contribution in [0.1, 0.15) is 25.0 Å². The molecule has 0 fully saturated rings. The lowest BCUT2D eigenvalue weighted by molar-refractivity contribution is 0.662. The zero-order valence-corrected chi connectivity index (χ0v) is 68.4. The first kappa shape index (κ1) is 71.6. The van der Waals surface area contributed by atoms with Gasteiger partial charge in [0.15, 0.2) is 0 Å². The van der Waals surface area contributed by atoms with Gasteiger partial charge in [0.25, 0.3) is 0 Å². The molecule has 0 radical (unpaired) electrons. The Labute approximate surface area is 721 Å². The van der Waals surface area contributed by atoms with E-state index in [0.29, 0.717) is 0 Å². The molecule has 125 heavy (non-hydrogen) atoms. The number of hydrogen-bond acceptors (Lipinski definition) is 6. The summed E-state index contributed by atoms with van der Waals surface area (Å²) in [6, 6.07) is 154. The fraction of sp³-hybridized carbons (Fsp3) is 0.0252. The average molecular weight is 1600 g/mol. The summed E-state index contributed by atoms with van der Waals surface area (Å²) in [7, 11) is 0. The van der Waals surface area contributed by atoms with Crippen LogP contribution in [-0.4, -0.2) is 0 Å². The maximum absolute atomic E-state index is 7.20. The average Bonchev–Trinajstić information content (AvgIpc) is 1.64. The maximum atomic E-state index is 7.20. The molecule has 0 saturated heterocycles. The van der Waals surface area contributed by atoms with Gasteiger partial charge in [-0.25, -0.2) is 0 Å².